The summed E-state index contributed by atoms with van der Waals surface area (Å²) in [4.78, 5) is 23.3. The average Bonchev–Trinajstić information content (AvgIpc) is 2.59. The Morgan fingerprint density at radius 3 is 1.84 bits per heavy atom. The van der Waals surface area contributed by atoms with E-state index in [4.69, 9.17) is 16.2 Å². The Kier molecular flexibility index (Phi) is 17.2. The van der Waals surface area contributed by atoms with Crippen LogP contribution < -0.4 is 11.5 Å². The smallest absolute Gasteiger partial charge is 0.330 e. The maximum absolute atomic E-state index is 11.6. The molecule has 0 aliphatic heterocycles. The Bertz CT molecular complexity index is 335. The zero-order valence-electron chi connectivity index (χ0n) is 16.3. The standard InChI is InChI=1S/C20H40N2O3/c1-2-3-4-5-6-7-8-9-10-11-12-16-19(23)25-20(24)18(22)15-13-14-17-21/h18H,2-17,21-22H2,1H3. The van der Waals surface area contributed by atoms with Crippen molar-refractivity contribution in [2.45, 2.75) is 109 Å². The van der Waals surface area contributed by atoms with Gasteiger partial charge in [0.15, 0.2) is 0 Å². The minimum Gasteiger partial charge on any atom is -0.392 e. The second kappa shape index (κ2) is 17.9. The fourth-order valence-electron chi connectivity index (χ4n) is 2.80. The Labute approximate surface area is 154 Å². The molecule has 0 rings (SSSR count). The number of carbonyl (C=O) groups excluding carboxylic acids is 2. The fraction of sp³-hybridized carbons (Fsp3) is 0.900. The van der Waals surface area contributed by atoms with Gasteiger partial charge >= 0.3 is 11.9 Å². The van der Waals surface area contributed by atoms with Crippen LogP contribution in [0.5, 0.6) is 0 Å². The molecule has 5 heteroatoms. The van der Waals surface area contributed by atoms with Gasteiger partial charge < -0.3 is 16.2 Å². The highest BCUT2D eigenvalue weighted by Crippen LogP contribution is 2.12. The van der Waals surface area contributed by atoms with Gasteiger partial charge in [-0.15, -0.1) is 0 Å². The van der Waals surface area contributed by atoms with Crippen molar-refractivity contribution in [3.05, 3.63) is 0 Å². The first-order valence-electron chi connectivity index (χ1n) is 10.3. The largest absolute Gasteiger partial charge is 0.392 e. The summed E-state index contributed by atoms with van der Waals surface area (Å²) in [7, 11) is 0. The van der Waals surface area contributed by atoms with Crippen molar-refractivity contribution in [1.29, 1.82) is 0 Å². The molecule has 1 unspecified atom stereocenters. The number of hydrogen-bond acceptors (Lipinski definition) is 5. The molecule has 0 aliphatic carbocycles. The van der Waals surface area contributed by atoms with Gasteiger partial charge in [0.2, 0.25) is 0 Å². The minimum absolute atomic E-state index is 0.304. The van der Waals surface area contributed by atoms with Crippen LogP contribution in [-0.4, -0.2) is 24.5 Å². The van der Waals surface area contributed by atoms with Crippen molar-refractivity contribution in [1.82, 2.24) is 0 Å². The van der Waals surface area contributed by atoms with Crippen LogP contribution in [-0.2, 0) is 14.3 Å². The highest BCUT2D eigenvalue weighted by atomic mass is 16.6. The molecule has 5 nitrogen and oxygen atoms in total. The molecule has 0 bridgehead atoms. The van der Waals surface area contributed by atoms with Crippen LogP contribution in [0.1, 0.15) is 103 Å². The van der Waals surface area contributed by atoms with Gasteiger partial charge in [0, 0.05) is 6.42 Å². The summed E-state index contributed by atoms with van der Waals surface area (Å²) in [6.07, 6.45) is 15.9. The molecule has 4 N–H and O–H groups in total. The van der Waals surface area contributed by atoms with E-state index in [0.29, 0.717) is 19.4 Å². The van der Waals surface area contributed by atoms with Gasteiger partial charge in [-0.25, -0.2) is 4.79 Å². The van der Waals surface area contributed by atoms with Crippen molar-refractivity contribution >= 4 is 11.9 Å². The molecule has 0 aliphatic rings. The van der Waals surface area contributed by atoms with E-state index in [0.717, 1.165) is 32.1 Å². The van der Waals surface area contributed by atoms with Crippen molar-refractivity contribution in [2.24, 2.45) is 11.5 Å². The summed E-state index contributed by atoms with van der Waals surface area (Å²) < 4.78 is 4.80. The van der Waals surface area contributed by atoms with E-state index in [-0.39, 0.29) is 0 Å². The Morgan fingerprint density at radius 1 is 0.800 bits per heavy atom. The molecule has 0 aromatic carbocycles. The summed E-state index contributed by atoms with van der Waals surface area (Å²) >= 11 is 0. The zero-order valence-corrected chi connectivity index (χ0v) is 16.3. The number of esters is 2. The van der Waals surface area contributed by atoms with Gasteiger partial charge in [0.25, 0.3) is 0 Å². The first-order chi connectivity index (χ1) is 12.1. The third-order valence-corrected chi connectivity index (χ3v) is 4.47. The summed E-state index contributed by atoms with van der Waals surface area (Å²) in [6.45, 7) is 2.82. The van der Waals surface area contributed by atoms with E-state index in [1.165, 1.54) is 51.4 Å². The molecular formula is C20H40N2O3. The molecule has 0 saturated heterocycles. The average molecular weight is 357 g/mol. The first kappa shape index (κ1) is 24.1. The molecule has 0 heterocycles. The van der Waals surface area contributed by atoms with Gasteiger partial charge in [0.1, 0.15) is 6.04 Å². The Hall–Kier alpha value is -0.940. The number of ether oxygens (including phenoxy) is 1. The predicted molar refractivity (Wildman–Crippen MR) is 103 cm³/mol. The SMILES string of the molecule is CCCCCCCCCCCCCC(=O)OC(=O)C(N)CCCCN. The maximum Gasteiger partial charge on any atom is 0.330 e. The van der Waals surface area contributed by atoms with Gasteiger partial charge in [0.05, 0.1) is 0 Å². The molecular weight excluding hydrogens is 316 g/mol. The number of carbonyl (C=O) groups is 2. The number of nitrogens with two attached hydrogens (primary N) is 2. The zero-order chi connectivity index (χ0) is 18.8. The van der Waals surface area contributed by atoms with E-state index in [2.05, 4.69) is 6.92 Å². The molecule has 25 heavy (non-hydrogen) atoms. The van der Waals surface area contributed by atoms with Crippen molar-refractivity contribution < 1.29 is 14.3 Å². The molecule has 1 atom stereocenters. The van der Waals surface area contributed by atoms with Gasteiger partial charge in [-0.3, -0.25) is 4.79 Å². The molecule has 0 spiro atoms. The van der Waals surface area contributed by atoms with Gasteiger partial charge in [-0.05, 0) is 25.8 Å². The van der Waals surface area contributed by atoms with Gasteiger partial charge in [-0.1, -0.05) is 77.6 Å². The molecule has 0 aromatic rings. The van der Waals surface area contributed by atoms with E-state index >= 15 is 0 Å². The first-order valence-corrected chi connectivity index (χ1v) is 10.3. The Morgan fingerprint density at radius 2 is 1.32 bits per heavy atom. The number of unbranched alkanes of at least 4 members (excludes halogenated alkanes) is 11. The maximum atomic E-state index is 11.6. The molecule has 0 radical (unpaired) electrons. The van der Waals surface area contributed by atoms with Crippen molar-refractivity contribution in [3.8, 4) is 0 Å². The van der Waals surface area contributed by atoms with E-state index in [1.807, 2.05) is 0 Å². The predicted octanol–water partition coefficient (Wildman–Crippen LogP) is 4.21. The van der Waals surface area contributed by atoms with Crippen LogP contribution in [0.25, 0.3) is 0 Å². The quantitative estimate of drug-likeness (QED) is 0.231. The molecule has 148 valence electrons. The third-order valence-electron chi connectivity index (χ3n) is 4.47. The number of hydrogen-bond donors (Lipinski definition) is 2. The van der Waals surface area contributed by atoms with Crippen LogP contribution in [0.4, 0.5) is 0 Å². The minimum atomic E-state index is -0.715. The summed E-state index contributed by atoms with van der Waals surface area (Å²) in [5.41, 5.74) is 11.1. The number of rotatable bonds is 17. The van der Waals surface area contributed by atoms with Crippen molar-refractivity contribution in [3.63, 3.8) is 0 Å². The topological polar surface area (TPSA) is 95.4 Å². The fourth-order valence-corrected chi connectivity index (χ4v) is 2.80. The second-order valence-electron chi connectivity index (χ2n) is 6.97. The third kappa shape index (κ3) is 16.3. The van der Waals surface area contributed by atoms with Crippen LogP contribution in [0.2, 0.25) is 0 Å². The normalized spacial score (nSPS) is 12.1. The van der Waals surface area contributed by atoms with Crippen LogP contribution >= 0.6 is 0 Å². The van der Waals surface area contributed by atoms with Crippen LogP contribution in [0, 0.1) is 0 Å². The van der Waals surface area contributed by atoms with Crippen LogP contribution in [0.15, 0.2) is 0 Å². The van der Waals surface area contributed by atoms with Crippen LogP contribution in [0.3, 0.4) is 0 Å². The Balaban J connectivity index is 3.44. The molecule has 0 aromatic heterocycles. The lowest BCUT2D eigenvalue weighted by Crippen LogP contribution is -2.33. The van der Waals surface area contributed by atoms with E-state index in [9.17, 15) is 9.59 Å². The highest BCUT2D eigenvalue weighted by molar-refractivity contribution is 5.88. The van der Waals surface area contributed by atoms with Gasteiger partial charge in [-0.2, -0.15) is 0 Å². The lowest BCUT2D eigenvalue weighted by atomic mass is 10.1. The lowest BCUT2D eigenvalue weighted by Gasteiger charge is -2.09. The molecule has 0 fully saturated rings. The molecule has 0 amide bonds. The monoisotopic (exact) mass is 356 g/mol. The second-order valence-corrected chi connectivity index (χ2v) is 6.97. The van der Waals surface area contributed by atoms with Crippen molar-refractivity contribution in [2.75, 3.05) is 6.54 Å². The summed E-state index contributed by atoms with van der Waals surface area (Å²) in [5, 5.41) is 0. The highest BCUT2D eigenvalue weighted by Gasteiger charge is 2.18. The van der Waals surface area contributed by atoms with E-state index < -0.39 is 18.0 Å². The summed E-state index contributed by atoms with van der Waals surface area (Å²) in [6, 6.07) is -0.715. The van der Waals surface area contributed by atoms with E-state index in [1.54, 1.807) is 0 Å². The summed E-state index contributed by atoms with van der Waals surface area (Å²) in [5.74, 6) is -1.06. The molecule has 0 saturated carbocycles. The lowest BCUT2D eigenvalue weighted by molar-refractivity contribution is -0.160.